The molecule has 0 aromatic heterocycles. The van der Waals surface area contributed by atoms with Gasteiger partial charge in [-0.05, 0) is 27.3 Å². The lowest BCUT2D eigenvalue weighted by atomic mass is 10.1. The van der Waals surface area contributed by atoms with E-state index in [1.54, 1.807) is 25.8 Å². The van der Waals surface area contributed by atoms with Crippen molar-refractivity contribution in [2.75, 3.05) is 33.8 Å². The van der Waals surface area contributed by atoms with E-state index in [9.17, 15) is 14.7 Å². The van der Waals surface area contributed by atoms with Crippen LogP contribution in [0, 0.1) is 0 Å². The number of carbonyl (C=O) groups excluding carboxylic acids is 2. The molecule has 0 radical (unpaired) electrons. The van der Waals surface area contributed by atoms with Crippen molar-refractivity contribution < 1.29 is 19.4 Å². The van der Waals surface area contributed by atoms with Crippen LogP contribution in [-0.4, -0.2) is 61.3 Å². The Morgan fingerprint density at radius 1 is 1.39 bits per heavy atom. The molecule has 6 nitrogen and oxygen atoms in total. The third-order valence-corrected chi connectivity index (χ3v) is 2.18. The molecule has 0 fully saturated rings. The van der Waals surface area contributed by atoms with E-state index in [0.717, 1.165) is 0 Å². The lowest BCUT2D eigenvalue weighted by molar-refractivity contribution is -0.140. The summed E-state index contributed by atoms with van der Waals surface area (Å²) in [4.78, 5) is 24.1. The molecule has 106 valence electrons. The van der Waals surface area contributed by atoms with Crippen LogP contribution in [0.4, 0.5) is 0 Å². The van der Waals surface area contributed by atoms with Crippen LogP contribution in [0.5, 0.6) is 0 Å². The van der Waals surface area contributed by atoms with Crippen molar-refractivity contribution in [1.82, 2.24) is 10.2 Å². The average molecular weight is 260 g/mol. The van der Waals surface area contributed by atoms with Gasteiger partial charge in [0.1, 0.15) is 0 Å². The monoisotopic (exact) mass is 260 g/mol. The molecule has 0 saturated carbocycles. The Labute approximate surface area is 108 Å². The van der Waals surface area contributed by atoms with Crippen molar-refractivity contribution in [3.05, 3.63) is 0 Å². The minimum absolute atomic E-state index is 0.119. The highest BCUT2D eigenvalue weighted by atomic mass is 16.5. The Morgan fingerprint density at radius 2 is 2.00 bits per heavy atom. The Bertz CT molecular complexity index is 274. The topological polar surface area (TPSA) is 78.9 Å². The summed E-state index contributed by atoms with van der Waals surface area (Å²) < 4.78 is 4.49. The lowest BCUT2D eigenvalue weighted by Gasteiger charge is -2.24. The van der Waals surface area contributed by atoms with Crippen LogP contribution < -0.4 is 5.32 Å². The van der Waals surface area contributed by atoms with Gasteiger partial charge in [-0.3, -0.25) is 14.5 Å². The molecule has 0 unspecified atom stereocenters. The molecular formula is C12H24N2O4. The lowest BCUT2D eigenvalue weighted by Crippen LogP contribution is -2.42. The molecule has 2 N–H and O–H groups in total. The number of hydrogen-bond donors (Lipinski definition) is 2. The predicted octanol–water partition coefficient (Wildman–Crippen LogP) is -0.241. The second-order valence-electron chi connectivity index (χ2n) is 5.01. The summed E-state index contributed by atoms with van der Waals surface area (Å²) in [5.41, 5.74) is -0.820. The molecule has 0 aliphatic heterocycles. The fraction of sp³-hybridized carbons (Fsp3) is 0.833. The summed E-state index contributed by atoms with van der Waals surface area (Å²) in [6.07, 6.45) is 0.865. The first-order chi connectivity index (χ1) is 8.24. The van der Waals surface area contributed by atoms with Gasteiger partial charge in [0.25, 0.3) is 0 Å². The van der Waals surface area contributed by atoms with Gasteiger partial charge >= 0.3 is 5.97 Å². The second kappa shape index (κ2) is 8.05. The van der Waals surface area contributed by atoms with Crippen LogP contribution in [0.1, 0.15) is 26.7 Å². The van der Waals surface area contributed by atoms with Crippen molar-refractivity contribution >= 4 is 11.9 Å². The number of hydrogen-bond acceptors (Lipinski definition) is 5. The molecule has 6 heteroatoms. The molecule has 0 aromatic rings. The van der Waals surface area contributed by atoms with Crippen molar-refractivity contribution in [2.45, 2.75) is 32.3 Å². The van der Waals surface area contributed by atoms with E-state index in [2.05, 4.69) is 10.1 Å². The zero-order chi connectivity index (χ0) is 14.2. The van der Waals surface area contributed by atoms with Crippen molar-refractivity contribution in [2.24, 2.45) is 0 Å². The number of esters is 1. The standard InChI is InChI=1S/C12H24N2O4/c1-12(2,17)9-14(3)8-10(15)13-7-5-6-11(16)18-4/h17H,5-9H2,1-4H3,(H,13,15). The Kier molecular flexibility index (Phi) is 7.54. The summed E-state index contributed by atoms with van der Waals surface area (Å²) in [6.45, 7) is 4.48. The van der Waals surface area contributed by atoms with Crippen LogP contribution in [0.3, 0.4) is 0 Å². The zero-order valence-electron chi connectivity index (χ0n) is 11.7. The second-order valence-corrected chi connectivity index (χ2v) is 5.01. The molecular weight excluding hydrogens is 236 g/mol. The zero-order valence-corrected chi connectivity index (χ0v) is 11.7. The summed E-state index contributed by atoms with van der Waals surface area (Å²) in [6, 6.07) is 0. The van der Waals surface area contributed by atoms with Crippen LogP contribution >= 0.6 is 0 Å². The van der Waals surface area contributed by atoms with Crippen LogP contribution in [0.15, 0.2) is 0 Å². The maximum Gasteiger partial charge on any atom is 0.305 e. The van der Waals surface area contributed by atoms with Crippen molar-refractivity contribution in [3.8, 4) is 0 Å². The van der Waals surface area contributed by atoms with E-state index in [1.165, 1.54) is 7.11 Å². The Balaban J connectivity index is 3.68. The molecule has 18 heavy (non-hydrogen) atoms. The van der Waals surface area contributed by atoms with E-state index in [4.69, 9.17) is 0 Å². The van der Waals surface area contributed by atoms with E-state index in [-0.39, 0.29) is 18.4 Å². The average Bonchev–Trinajstić information content (AvgIpc) is 2.21. The van der Waals surface area contributed by atoms with E-state index >= 15 is 0 Å². The van der Waals surface area contributed by atoms with Crippen LogP contribution in [-0.2, 0) is 14.3 Å². The number of likely N-dealkylation sites (N-methyl/N-ethyl adjacent to an activating group) is 1. The van der Waals surface area contributed by atoms with Gasteiger partial charge in [0, 0.05) is 19.5 Å². The number of nitrogens with zero attached hydrogens (tertiary/aromatic N) is 1. The summed E-state index contributed by atoms with van der Waals surface area (Å²) in [5.74, 6) is -0.394. The first-order valence-corrected chi connectivity index (χ1v) is 5.99. The highest BCUT2D eigenvalue weighted by Crippen LogP contribution is 2.02. The quantitative estimate of drug-likeness (QED) is 0.465. The summed E-state index contributed by atoms with van der Waals surface area (Å²) in [5, 5.41) is 12.3. The molecule has 0 aliphatic rings. The minimum atomic E-state index is -0.820. The number of carbonyl (C=O) groups is 2. The molecule has 0 bridgehead atoms. The van der Waals surface area contributed by atoms with E-state index in [1.807, 2.05) is 0 Å². The molecule has 0 atom stereocenters. The molecule has 0 rings (SSSR count). The SMILES string of the molecule is COC(=O)CCCNC(=O)CN(C)CC(C)(C)O. The first-order valence-electron chi connectivity index (χ1n) is 5.99. The molecule has 0 aromatic carbocycles. The fourth-order valence-corrected chi connectivity index (χ4v) is 1.58. The molecule has 0 aliphatic carbocycles. The van der Waals surface area contributed by atoms with Gasteiger partial charge in [-0.1, -0.05) is 0 Å². The van der Waals surface area contributed by atoms with E-state index < -0.39 is 5.60 Å². The van der Waals surface area contributed by atoms with Gasteiger partial charge in [-0.2, -0.15) is 0 Å². The molecule has 0 spiro atoms. The van der Waals surface area contributed by atoms with Crippen LogP contribution in [0.2, 0.25) is 0 Å². The normalized spacial score (nSPS) is 11.4. The van der Waals surface area contributed by atoms with E-state index in [0.29, 0.717) is 25.9 Å². The van der Waals surface area contributed by atoms with Gasteiger partial charge in [-0.15, -0.1) is 0 Å². The molecule has 1 amide bonds. The third-order valence-electron chi connectivity index (χ3n) is 2.18. The number of rotatable bonds is 8. The number of methoxy groups -OCH3 is 1. The highest BCUT2D eigenvalue weighted by Gasteiger charge is 2.17. The minimum Gasteiger partial charge on any atom is -0.469 e. The predicted molar refractivity (Wildman–Crippen MR) is 68.1 cm³/mol. The third kappa shape index (κ3) is 10.0. The number of aliphatic hydroxyl groups is 1. The maximum atomic E-state index is 11.5. The van der Waals surface area contributed by atoms with Crippen molar-refractivity contribution in [3.63, 3.8) is 0 Å². The Morgan fingerprint density at radius 3 is 2.50 bits per heavy atom. The van der Waals surface area contributed by atoms with Gasteiger partial charge in [0.05, 0.1) is 19.3 Å². The van der Waals surface area contributed by atoms with Gasteiger partial charge in [0.2, 0.25) is 5.91 Å². The Hall–Kier alpha value is -1.14. The number of amides is 1. The highest BCUT2D eigenvalue weighted by molar-refractivity contribution is 5.78. The molecule has 0 heterocycles. The number of ether oxygens (including phenoxy) is 1. The summed E-state index contributed by atoms with van der Waals surface area (Å²) >= 11 is 0. The van der Waals surface area contributed by atoms with Gasteiger partial charge < -0.3 is 15.2 Å². The summed E-state index contributed by atoms with van der Waals surface area (Å²) in [7, 11) is 3.11. The first kappa shape index (κ1) is 16.9. The number of nitrogens with one attached hydrogen (secondary N) is 1. The van der Waals surface area contributed by atoms with Gasteiger partial charge in [0.15, 0.2) is 0 Å². The molecule has 0 saturated heterocycles. The van der Waals surface area contributed by atoms with Gasteiger partial charge in [-0.25, -0.2) is 0 Å². The maximum absolute atomic E-state index is 11.5. The smallest absolute Gasteiger partial charge is 0.305 e. The largest absolute Gasteiger partial charge is 0.469 e. The fourth-order valence-electron chi connectivity index (χ4n) is 1.58. The van der Waals surface area contributed by atoms with Crippen LogP contribution in [0.25, 0.3) is 0 Å². The van der Waals surface area contributed by atoms with Crippen molar-refractivity contribution in [1.29, 1.82) is 0 Å².